The quantitative estimate of drug-likeness (QED) is 0.484. The van der Waals surface area contributed by atoms with E-state index < -0.39 is 0 Å². The van der Waals surface area contributed by atoms with Crippen LogP contribution in [0.15, 0.2) is 79.1 Å². The normalized spacial score (nSPS) is 7.50. The Balaban J connectivity index is 0.000000205. The van der Waals surface area contributed by atoms with Crippen molar-refractivity contribution in [1.29, 1.82) is 0 Å². The predicted octanol–water partition coefficient (Wildman–Crippen LogP) is 3.22. The Hall–Kier alpha value is -1.57. The SMILES string of the molecule is [Fe].[cH-]1[cH-][cH-][cH-][cH-]1.c1cc[cH-]c1.c1cn[nH]c1. The van der Waals surface area contributed by atoms with Gasteiger partial charge in [0.25, 0.3) is 0 Å². The van der Waals surface area contributed by atoms with E-state index in [-0.39, 0.29) is 17.1 Å². The topological polar surface area (TPSA) is 28.7 Å². The summed E-state index contributed by atoms with van der Waals surface area (Å²) in [5.41, 5.74) is 0. The van der Waals surface area contributed by atoms with E-state index in [1.165, 1.54) is 0 Å². The van der Waals surface area contributed by atoms with Gasteiger partial charge in [0.15, 0.2) is 0 Å². The number of rotatable bonds is 0. The van der Waals surface area contributed by atoms with Crippen molar-refractivity contribution < 1.29 is 17.1 Å². The first-order valence-corrected chi connectivity index (χ1v) is 4.77. The third kappa shape index (κ3) is 9.00. The standard InChI is InChI=1S/2C5H5.C3H4N2.Fe/c3*1-2-4-5-3-1;/h2*1-5H;1-3H,(H,4,5);/q-5;-1;;. The first-order chi connectivity index (χ1) is 7.50. The third-order valence-electron chi connectivity index (χ3n) is 1.52. The molecule has 3 heteroatoms. The third-order valence-corrected chi connectivity index (χ3v) is 1.52. The Kier molecular flexibility index (Phi) is 10.4. The van der Waals surface area contributed by atoms with E-state index in [4.69, 9.17) is 0 Å². The minimum absolute atomic E-state index is 0. The fourth-order valence-electron chi connectivity index (χ4n) is 0.857. The van der Waals surface area contributed by atoms with Crippen LogP contribution < -0.4 is 0 Å². The average molecular weight is 254 g/mol. The number of hydrogen-bond acceptors (Lipinski definition) is 1. The molecule has 0 radical (unpaired) electrons. The summed E-state index contributed by atoms with van der Waals surface area (Å²) in [5, 5.41) is 6.21. The Morgan fingerprint density at radius 3 is 1.56 bits per heavy atom. The summed E-state index contributed by atoms with van der Waals surface area (Å²) in [4.78, 5) is 0. The molecular formula is C13H14FeN2-6. The fourth-order valence-corrected chi connectivity index (χ4v) is 0.857. The van der Waals surface area contributed by atoms with E-state index in [0.29, 0.717) is 0 Å². The molecule has 2 nitrogen and oxygen atoms in total. The molecule has 1 N–H and O–H groups in total. The van der Waals surface area contributed by atoms with Crippen LogP contribution in [-0.2, 0) is 17.1 Å². The molecule has 16 heavy (non-hydrogen) atoms. The second-order valence-corrected chi connectivity index (χ2v) is 2.69. The van der Waals surface area contributed by atoms with Crippen LogP contribution in [0.4, 0.5) is 0 Å². The molecular weight excluding hydrogens is 240 g/mol. The number of hydrogen-bond donors (Lipinski definition) is 1. The maximum absolute atomic E-state index is 3.60. The van der Waals surface area contributed by atoms with Crippen LogP contribution >= 0.6 is 0 Å². The summed E-state index contributed by atoms with van der Waals surface area (Å²) in [6.07, 6.45) is 3.46. The summed E-state index contributed by atoms with van der Waals surface area (Å²) in [6, 6.07) is 21.8. The molecule has 3 rings (SSSR count). The predicted molar refractivity (Wildman–Crippen MR) is 62.7 cm³/mol. The molecule has 90 valence electrons. The summed E-state index contributed by atoms with van der Waals surface area (Å²) in [6.45, 7) is 0. The molecule has 2 aromatic carbocycles. The molecule has 0 spiro atoms. The summed E-state index contributed by atoms with van der Waals surface area (Å²) < 4.78 is 0. The number of aromatic amines is 1. The zero-order valence-electron chi connectivity index (χ0n) is 8.81. The first kappa shape index (κ1) is 14.4. The molecule has 0 saturated heterocycles. The Bertz CT molecular complexity index is 246. The van der Waals surface area contributed by atoms with Crippen LogP contribution in [-0.4, -0.2) is 10.2 Å². The van der Waals surface area contributed by atoms with Gasteiger partial charge in [-0.1, -0.05) is 0 Å². The number of H-pyrrole nitrogens is 1. The molecule has 0 unspecified atom stereocenters. The van der Waals surface area contributed by atoms with Gasteiger partial charge in [-0.15, -0.1) is 0 Å². The second-order valence-electron chi connectivity index (χ2n) is 2.69. The molecule has 0 atom stereocenters. The molecule has 1 aromatic heterocycles. The van der Waals surface area contributed by atoms with Crippen molar-refractivity contribution in [1.82, 2.24) is 10.2 Å². The number of aromatic nitrogens is 2. The Morgan fingerprint density at radius 2 is 1.38 bits per heavy atom. The van der Waals surface area contributed by atoms with E-state index in [0.717, 1.165) is 0 Å². The minimum atomic E-state index is 0. The molecule has 0 aliphatic carbocycles. The van der Waals surface area contributed by atoms with Crippen molar-refractivity contribution in [2.24, 2.45) is 0 Å². The minimum Gasteiger partial charge on any atom is -0.748 e. The van der Waals surface area contributed by atoms with E-state index >= 15 is 0 Å². The smallest absolute Gasteiger partial charge is 0.0487 e. The molecule has 0 amide bonds. The van der Waals surface area contributed by atoms with Crippen molar-refractivity contribution in [3.8, 4) is 0 Å². The first-order valence-electron chi connectivity index (χ1n) is 4.77. The van der Waals surface area contributed by atoms with E-state index in [2.05, 4.69) is 10.2 Å². The molecule has 0 bridgehead atoms. The summed E-state index contributed by atoms with van der Waals surface area (Å²) >= 11 is 0. The van der Waals surface area contributed by atoms with Gasteiger partial charge < -0.3 is 30.3 Å². The number of nitrogens with zero attached hydrogens (tertiary/aromatic N) is 1. The average Bonchev–Trinajstić information content (AvgIpc) is 3.09. The van der Waals surface area contributed by atoms with Gasteiger partial charge in [-0.3, -0.25) is 5.10 Å². The van der Waals surface area contributed by atoms with Gasteiger partial charge in [0.1, 0.15) is 0 Å². The van der Waals surface area contributed by atoms with Crippen LogP contribution in [0.3, 0.4) is 0 Å². The molecule has 0 aliphatic heterocycles. The molecule has 1 heterocycles. The van der Waals surface area contributed by atoms with Gasteiger partial charge in [-0.05, 0) is 6.07 Å². The maximum Gasteiger partial charge on any atom is 0.0487 e. The van der Waals surface area contributed by atoms with Gasteiger partial charge in [-0.25, -0.2) is 12.1 Å². The van der Waals surface area contributed by atoms with Crippen LogP contribution in [0.2, 0.25) is 0 Å². The second kappa shape index (κ2) is 11.5. The Labute approximate surface area is 107 Å². The van der Waals surface area contributed by atoms with Gasteiger partial charge in [-0.2, -0.15) is 23.3 Å². The van der Waals surface area contributed by atoms with E-state index in [1.807, 2.05) is 66.7 Å². The maximum atomic E-state index is 3.60. The number of nitrogens with one attached hydrogen (secondary N) is 1. The fraction of sp³-hybridized carbons (Fsp3) is 0. The zero-order valence-corrected chi connectivity index (χ0v) is 9.91. The van der Waals surface area contributed by atoms with E-state index in [9.17, 15) is 0 Å². The van der Waals surface area contributed by atoms with Crippen molar-refractivity contribution >= 4 is 0 Å². The molecule has 0 aliphatic rings. The summed E-state index contributed by atoms with van der Waals surface area (Å²) in [7, 11) is 0. The van der Waals surface area contributed by atoms with E-state index in [1.54, 1.807) is 12.4 Å². The zero-order chi connectivity index (χ0) is 10.6. The molecule has 3 aromatic rings. The Morgan fingerprint density at radius 1 is 0.812 bits per heavy atom. The molecule has 0 saturated carbocycles. The molecule has 0 fully saturated rings. The van der Waals surface area contributed by atoms with Crippen molar-refractivity contribution in [2.45, 2.75) is 0 Å². The van der Waals surface area contributed by atoms with Crippen molar-refractivity contribution in [2.75, 3.05) is 0 Å². The van der Waals surface area contributed by atoms with Crippen LogP contribution in [0.5, 0.6) is 0 Å². The van der Waals surface area contributed by atoms with Crippen LogP contribution in [0.1, 0.15) is 0 Å². The van der Waals surface area contributed by atoms with Crippen LogP contribution in [0, 0.1) is 0 Å². The van der Waals surface area contributed by atoms with Crippen molar-refractivity contribution in [3.63, 3.8) is 0 Å². The largest absolute Gasteiger partial charge is 0.748 e. The van der Waals surface area contributed by atoms with Crippen molar-refractivity contribution in [3.05, 3.63) is 79.1 Å². The monoisotopic (exact) mass is 254 g/mol. The summed E-state index contributed by atoms with van der Waals surface area (Å²) in [5.74, 6) is 0. The van der Waals surface area contributed by atoms with Gasteiger partial charge in [0, 0.05) is 29.5 Å². The van der Waals surface area contributed by atoms with Gasteiger partial charge in [0.2, 0.25) is 0 Å². The van der Waals surface area contributed by atoms with Gasteiger partial charge in [0.05, 0.1) is 0 Å². The van der Waals surface area contributed by atoms with Gasteiger partial charge >= 0.3 is 0 Å². The van der Waals surface area contributed by atoms with Crippen LogP contribution in [0.25, 0.3) is 0 Å².